The first-order valence-corrected chi connectivity index (χ1v) is 33.6. The molecule has 11 atom stereocenters. The molecule has 0 aromatic carbocycles. The normalized spacial score (nSPS) is 23.6. The summed E-state index contributed by atoms with van der Waals surface area (Å²) in [5.41, 5.74) is 0. The van der Waals surface area contributed by atoms with Crippen LogP contribution in [0, 0.1) is 0 Å². The molecule has 2 saturated heterocycles. The molecule has 2 aliphatic rings. The van der Waals surface area contributed by atoms with Crippen molar-refractivity contribution < 1.29 is 73.8 Å². The maximum Gasteiger partial charge on any atom is 0.306 e. The van der Waals surface area contributed by atoms with Crippen molar-refractivity contribution in [2.45, 2.75) is 351 Å². The quantitative estimate of drug-likeness (QED) is 0.0171. The van der Waals surface area contributed by atoms with Crippen LogP contribution >= 0.6 is 0 Å². The van der Waals surface area contributed by atoms with E-state index in [1.165, 1.54) is 199 Å². The maximum atomic E-state index is 13.1. The number of hydrogen-bond acceptors (Lipinski definition) is 15. The molecular weight excluding hydrogens is 1040 g/mol. The molecule has 2 aliphatic heterocycles. The Labute approximate surface area is 497 Å². The lowest BCUT2D eigenvalue weighted by atomic mass is 9.98. The van der Waals surface area contributed by atoms with Crippen molar-refractivity contribution in [3.8, 4) is 0 Å². The van der Waals surface area contributed by atoms with Crippen LogP contribution in [0.2, 0.25) is 0 Å². The second kappa shape index (κ2) is 53.0. The molecule has 0 aromatic rings. The van der Waals surface area contributed by atoms with Crippen LogP contribution in [-0.4, -0.2) is 142 Å². The molecule has 0 amide bonds. The first-order valence-electron chi connectivity index (χ1n) is 33.6. The predicted molar refractivity (Wildman–Crippen MR) is 326 cm³/mol. The van der Waals surface area contributed by atoms with Crippen molar-refractivity contribution in [2.75, 3.05) is 26.4 Å². The molecule has 2 rings (SSSR count). The molecule has 4 unspecified atom stereocenters. The van der Waals surface area contributed by atoms with Gasteiger partial charge >= 0.3 is 11.9 Å². The fourth-order valence-corrected chi connectivity index (χ4v) is 10.7. The summed E-state index contributed by atoms with van der Waals surface area (Å²) in [5, 5.41) is 72.5. The number of ether oxygens (including phenoxy) is 6. The van der Waals surface area contributed by atoms with Gasteiger partial charge in [-0.1, -0.05) is 243 Å². The molecule has 0 aromatic heterocycles. The number of esters is 2. The fraction of sp³-hybridized carbons (Fsp3) is 0.881. The zero-order valence-corrected chi connectivity index (χ0v) is 51.7. The van der Waals surface area contributed by atoms with E-state index in [0.717, 1.165) is 38.5 Å². The summed E-state index contributed by atoms with van der Waals surface area (Å²) in [6, 6.07) is 0. The summed E-state index contributed by atoms with van der Waals surface area (Å²) in [7, 11) is 0. The number of aliphatic hydroxyl groups excluding tert-OH is 7. The Balaban J connectivity index is 1.71. The Kier molecular flexibility index (Phi) is 49.0. The average Bonchev–Trinajstić information content (AvgIpc) is 3.68. The van der Waals surface area contributed by atoms with Gasteiger partial charge in [-0.2, -0.15) is 0 Å². The number of carbonyl (C=O) groups is 2. The van der Waals surface area contributed by atoms with Crippen molar-refractivity contribution in [3.63, 3.8) is 0 Å². The van der Waals surface area contributed by atoms with Crippen LogP contribution in [0.15, 0.2) is 36.5 Å². The first kappa shape index (κ1) is 75.8. The maximum absolute atomic E-state index is 13.1. The third-order valence-electron chi connectivity index (χ3n) is 16.1. The van der Waals surface area contributed by atoms with Crippen LogP contribution in [0.1, 0.15) is 284 Å². The smallest absolute Gasteiger partial charge is 0.306 e. The van der Waals surface area contributed by atoms with Crippen molar-refractivity contribution in [2.24, 2.45) is 0 Å². The van der Waals surface area contributed by atoms with Crippen LogP contribution < -0.4 is 0 Å². The summed E-state index contributed by atoms with van der Waals surface area (Å²) in [5.74, 6) is -0.999. The lowest BCUT2D eigenvalue weighted by Gasteiger charge is -2.42. The van der Waals surface area contributed by atoms with E-state index in [-0.39, 0.29) is 19.4 Å². The van der Waals surface area contributed by atoms with Gasteiger partial charge in [-0.3, -0.25) is 9.59 Å². The third kappa shape index (κ3) is 38.7. The molecular formula is C67H122O15. The zero-order valence-electron chi connectivity index (χ0n) is 51.7. The van der Waals surface area contributed by atoms with E-state index in [4.69, 9.17) is 28.4 Å². The number of carbonyl (C=O) groups excluding carboxylic acids is 2. The highest BCUT2D eigenvalue weighted by molar-refractivity contribution is 5.70. The second-order valence-electron chi connectivity index (χ2n) is 23.6. The van der Waals surface area contributed by atoms with Gasteiger partial charge in [-0.25, -0.2) is 0 Å². The second-order valence-corrected chi connectivity index (χ2v) is 23.6. The largest absolute Gasteiger partial charge is 0.462 e. The van der Waals surface area contributed by atoms with Crippen LogP contribution in [-0.2, 0) is 38.0 Å². The van der Waals surface area contributed by atoms with Gasteiger partial charge in [-0.05, 0) is 64.2 Å². The molecule has 0 saturated carbocycles. The Hall–Kier alpha value is -2.28. The number of hydrogen-bond donors (Lipinski definition) is 7. The SMILES string of the molecule is CCCCCCCCCCCCCCCC/C=C/CC/C=C/CCCC(=O)O[C@@H](COC(=O)CCC/C=C/CCCCCCCCCCCCCCCCCCCC)CO[C@@H]1O[C@H](CO[C@@H]2O[C@H](CO)[C@H](O)C(O)C2O)[C@H](O)C(O)C1O. The molecule has 7 N–H and O–H groups in total. The minimum absolute atomic E-state index is 0.102. The van der Waals surface area contributed by atoms with Crippen LogP contribution in [0.25, 0.3) is 0 Å². The number of allylic oxidation sites excluding steroid dienone is 6. The van der Waals surface area contributed by atoms with E-state index in [2.05, 4.69) is 50.3 Å². The van der Waals surface area contributed by atoms with Gasteiger partial charge < -0.3 is 64.2 Å². The topological polar surface area (TPSA) is 231 Å². The highest BCUT2D eigenvalue weighted by Gasteiger charge is 2.47. The van der Waals surface area contributed by atoms with E-state index < -0.39 is 99.3 Å². The summed E-state index contributed by atoms with van der Waals surface area (Å²) in [4.78, 5) is 26.0. The lowest BCUT2D eigenvalue weighted by Crippen LogP contribution is -2.61. The highest BCUT2D eigenvalue weighted by atomic mass is 16.7. The Morgan fingerprint density at radius 3 is 1.11 bits per heavy atom. The highest BCUT2D eigenvalue weighted by Crippen LogP contribution is 2.27. The van der Waals surface area contributed by atoms with Crippen LogP contribution in [0.3, 0.4) is 0 Å². The molecule has 0 aliphatic carbocycles. The van der Waals surface area contributed by atoms with Crippen LogP contribution in [0.4, 0.5) is 0 Å². The Morgan fingerprint density at radius 1 is 0.378 bits per heavy atom. The van der Waals surface area contributed by atoms with E-state index in [9.17, 15) is 45.3 Å². The van der Waals surface area contributed by atoms with E-state index in [1.54, 1.807) is 0 Å². The summed E-state index contributed by atoms with van der Waals surface area (Å²) in [6.07, 6.45) is 46.2. The monoisotopic (exact) mass is 1170 g/mol. The number of aliphatic hydroxyl groups is 7. The summed E-state index contributed by atoms with van der Waals surface area (Å²) >= 11 is 0. The zero-order chi connectivity index (χ0) is 59.5. The van der Waals surface area contributed by atoms with E-state index in [1.807, 2.05) is 0 Å². The molecule has 2 fully saturated rings. The van der Waals surface area contributed by atoms with Gasteiger partial charge in [0.2, 0.25) is 0 Å². The summed E-state index contributed by atoms with van der Waals surface area (Å²) in [6.45, 7) is 2.59. The van der Waals surface area contributed by atoms with Gasteiger partial charge in [-0.15, -0.1) is 0 Å². The molecule has 0 spiro atoms. The average molecular weight is 1170 g/mol. The van der Waals surface area contributed by atoms with Gasteiger partial charge in [0.25, 0.3) is 0 Å². The van der Waals surface area contributed by atoms with Crippen molar-refractivity contribution in [1.29, 1.82) is 0 Å². The van der Waals surface area contributed by atoms with E-state index >= 15 is 0 Å². The van der Waals surface area contributed by atoms with E-state index in [0.29, 0.717) is 19.3 Å². The van der Waals surface area contributed by atoms with Crippen molar-refractivity contribution in [3.05, 3.63) is 36.5 Å². The number of rotatable bonds is 55. The predicted octanol–water partition coefficient (Wildman–Crippen LogP) is 13.2. The fourth-order valence-electron chi connectivity index (χ4n) is 10.7. The Bertz CT molecular complexity index is 1560. The molecule has 15 heteroatoms. The lowest BCUT2D eigenvalue weighted by molar-refractivity contribution is -0.332. The van der Waals surface area contributed by atoms with Crippen LogP contribution in [0.5, 0.6) is 0 Å². The molecule has 2 heterocycles. The standard InChI is InChI=1S/C67H122O15/c1-3-5-7-9-11-13-15-17-19-21-23-25-27-29-31-33-35-37-39-41-43-45-47-49-58(69)77-52-55(53-78-66-65(76)63(74)61(72)57(82-66)54-79-67-64(75)62(73)60(71)56(51-68)81-67)80-59(70)50-48-46-44-42-40-38-36-34-32-30-28-26-24-22-20-18-16-14-12-10-8-6-4-2/h34,36,41-44,55-57,60-68,71-76H,3-33,35,37-40,45-54H2,1-2H3/b36-34+,43-41+,44-42+/t55-,56+,57+,60-,61-,62?,63?,64?,65?,66+,67+/m0/s1. The van der Waals surface area contributed by atoms with Crippen molar-refractivity contribution >= 4 is 11.9 Å². The number of unbranched alkanes of at least 4 members (excludes halogenated alkanes) is 35. The molecule has 82 heavy (non-hydrogen) atoms. The van der Waals surface area contributed by atoms with Gasteiger partial charge in [0.05, 0.1) is 19.8 Å². The van der Waals surface area contributed by atoms with Gasteiger partial charge in [0, 0.05) is 12.8 Å². The first-order chi connectivity index (χ1) is 40.0. The minimum atomic E-state index is -1.78. The van der Waals surface area contributed by atoms with Gasteiger partial charge in [0.15, 0.2) is 18.7 Å². The van der Waals surface area contributed by atoms with Gasteiger partial charge in [0.1, 0.15) is 55.4 Å². The molecule has 480 valence electrons. The molecule has 0 radical (unpaired) electrons. The summed E-state index contributed by atoms with van der Waals surface area (Å²) < 4.78 is 33.7. The molecule has 15 nitrogen and oxygen atoms in total. The Morgan fingerprint density at radius 2 is 0.707 bits per heavy atom. The molecule has 0 bridgehead atoms. The van der Waals surface area contributed by atoms with Crippen molar-refractivity contribution in [1.82, 2.24) is 0 Å². The third-order valence-corrected chi connectivity index (χ3v) is 16.1. The minimum Gasteiger partial charge on any atom is -0.462 e.